The highest BCUT2D eigenvalue weighted by molar-refractivity contribution is 6.30. The van der Waals surface area contributed by atoms with Crippen molar-refractivity contribution in [1.29, 1.82) is 0 Å². The molecule has 0 atom stereocenters. The third-order valence-electron chi connectivity index (χ3n) is 2.36. The van der Waals surface area contributed by atoms with Crippen LogP contribution in [-0.4, -0.2) is 10.2 Å². The summed E-state index contributed by atoms with van der Waals surface area (Å²) in [7, 11) is 0. The number of rotatable bonds is 2. The first-order valence-electron chi connectivity index (χ1n) is 4.81. The van der Waals surface area contributed by atoms with Crippen LogP contribution in [0.25, 0.3) is 11.1 Å². The van der Waals surface area contributed by atoms with Gasteiger partial charge in [0.25, 0.3) is 0 Å². The zero-order valence-electron chi connectivity index (χ0n) is 8.42. The molecule has 0 unspecified atom stereocenters. The standard InChI is InChI=1S/C11H12ClN3/c1-2-9-10(11(13)15-14-9)7-3-5-8(12)6-4-7/h3-6H,2H2,1H3,(H3,13,14,15). The van der Waals surface area contributed by atoms with Crippen molar-refractivity contribution in [3.63, 3.8) is 0 Å². The molecule has 0 saturated carbocycles. The Hall–Kier alpha value is -1.48. The van der Waals surface area contributed by atoms with Gasteiger partial charge in [-0.25, -0.2) is 0 Å². The molecule has 0 aliphatic heterocycles. The van der Waals surface area contributed by atoms with E-state index in [4.69, 9.17) is 17.3 Å². The van der Waals surface area contributed by atoms with Gasteiger partial charge in [0.15, 0.2) is 5.82 Å². The van der Waals surface area contributed by atoms with Crippen molar-refractivity contribution in [3.05, 3.63) is 35.0 Å². The molecule has 1 aromatic carbocycles. The lowest BCUT2D eigenvalue weighted by atomic mass is 10.0. The van der Waals surface area contributed by atoms with Crippen molar-refractivity contribution in [3.8, 4) is 11.1 Å². The van der Waals surface area contributed by atoms with Gasteiger partial charge in [0, 0.05) is 16.3 Å². The lowest BCUT2D eigenvalue weighted by Gasteiger charge is -2.02. The van der Waals surface area contributed by atoms with Gasteiger partial charge >= 0.3 is 0 Å². The Morgan fingerprint density at radius 2 is 2.00 bits per heavy atom. The molecule has 2 aromatic rings. The van der Waals surface area contributed by atoms with Gasteiger partial charge in [-0.2, -0.15) is 5.10 Å². The van der Waals surface area contributed by atoms with E-state index in [9.17, 15) is 0 Å². The zero-order chi connectivity index (χ0) is 10.8. The average Bonchev–Trinajstić information content (AvgIpc) is 2.61. The minimum Gasteiger partial charge on any atom is -0.382 e. The molecule has 0 aliphatic rings. The number of nitrogens with two attached hydrogens (primary N) is 1. The first-order chi connectivity index (χ1) is 7.22. The lowest BCUT2D eigenvalue weighted by molar-refractivity contribution is 0.978. The molecule has 0 amide bonds. The van der Waals surface area contributed by atoms with Crippen LogP contribution in [-0.2, 0) is 6.42 Å². The van der Waals surface area contributed by atoms with Crippen LogP contribution in [0.1, 0.15) is 12.6 Å². The fourth-order valence-electron chi connectivity index (χ4n) is 1.59. The van der Waals surface area contributed by atoms with Crippen LogP contribution in [0, 0.1) is 0 Å². The van der Waals surface area contributed by atoms with Gasteiger partial charge in [-0.05, 0) is 24.1 Å². The summed E-state index contributed by atoms with van der Waals surface area (Å²) >= 11 is 5.83. The van der Waals surface area contributed by atoms with Crippen LogP contribution < -0.4 is 5.73 Å². The maximum Gasteiger partial charge on any atom is 0.153 e. The zero-order valence-corrected chi connectivity index (χ0v) is 9.17. The second-order valence-electron chi connectivity index (χ2n) is 3.32. The third kappa shape index (κ3) is 1.83. The Morgan fingerprint density at radius 3 is 2.60 bits per heavy atom. The van der Waals surface area contributed by atoms with Crippen LogP contribution >= 0.6 is 11.6 Å². The first kappa shape index (κ1) is 10.1. The van der Waals surface area contributed by atoms with E-state index in [0.29, 0.717) is 5.82 Å². The lowest BCUT2D eigenvalue weighted by Crippen LogP contribution is -1.89. The Morgan fingerprint density at radius 1 is 1.33 bits per heavy atom. The molecular weight excluding hydrogens is 210 g/mol. The molecule has 3 nitrogen and oxygen atoms in total. The number of anilines is 1. The summed E-state index contributed by atoms with van der Waals surface area (Å²) in [6, 6.07) is 7.59. The minimum absolute atomic E-state index is 0.536. The predicted octanol–water partition coefficient (Wildman–Crippen LogP) is 2.87. The highest BCUT2D eigenvalue weighted by Gasteiger charge is 2.10. The quantitative estimate of drug-likeness (QED) is 0.820. The monoisotopic (exact) mass is 221 g/mol. The second-order valence-corrected chi connectivity index (χ2v) is 3.76. The SMILES string of the molecule is CCc1[nH]nc(N)c1-c1ccc(Cl)cc1. The molecule has 15 heavy (non-hydrogen) atoms. The molecule has 0 spiro atoms. The molecule has 0 radical (unpaired) electrons. The van der Waals surface area contributed by atoms with Crippen molar-refractivity contribution in [2.45, 2.75) is 13.3 Å². The number of nitrogen functional groups attached to an aromatic ring is 1. The number of H-pyrrole nitrogens is 1. The van der Waals surface area contributed by atoms with Crippen LogP contribution in [0.3, 0.4) is 0 Å². The fourth-order valence-corrected chi connectivity index (χ4v) is 1.71. The van der Waals surface area contributed by atoms with E-state index >= 15 is 0 Å². The Kier molecular flexibility index (Phi) is 2.64. The molecule has 0 bridgehead atoms. The molecule has 4 heteroatoms. The number of benzene rings is 1. The maximum absolute atomic E-state index is 5.83. The van der Waals surface area contributed by atoms with Crippen molar-refractivity contribution in [2.24, 2.45) is 0 Å². The molecule has 0 saturated heterocycles. The molecule has 0 fully saturated rings. The van der Waals surface area contributed by atoms with Gasteiger partial charge in [0.05, 0.1) is 0 Å². The summed E-state index contributed by atoms with van der Waals surface area (Å²) in [6.07, 6.45) is 0.877. The fraction of sp³-hybridized carbons (Fsp3) is 0.182. The summed E-state index contributed by atoms with van der Waals surface area (Å²) in [5, 5.41) is 7.66. The largest absolute Gasteiger partial charge is 0.382 e. The van der Waals surface area contributed by atoms with Gasteiger partial charge in [-0.1, -0.05) is 30.7 Å². The second kappa shape index (κ2) is 3.95. The summed E-state index contributed by atoms with van der Waals surface area (Å²) in [5.41, 5.74) is 8.89. The molecule has 1 aromatic heterocycles. The summed E-state index contributed by atoms with van der Waals surface area (Å²) < 4.78 is 0. The van der Waals surface area contributed by atoms with E-state index in [1.54, 1.807) is 0 Å². The number of hydrogen-bond donors (Lipinski definition) is 2. The number of nitrogens with zero attached hydrogens (tertiary/aromatic N) is 1. The highest BCUT2D eigenvalue weighted by atomic mass is 35.5. The van der Waals surface area contributed by atoms with Crippen LogP contribution in [0.4, 0.5) is 5.82 Å². The first-order valence-corrected chi connectivity index (χ1v) is 5.18. The van der Waals surface area contributed by atoms with Gasteiger partial charge < -0.3 is 5.73 Å². The number of aryl methyl sites for hydroxylation is 1. The third-order valence-corrected chi connectivity index (χ3v) is 2.61. The Balaban J connectivity index is 2.52. The summed E-state index contributed by atoms with van der Waals surface area (Å²) in [6.45, 7) is 2.06. The van der Waals surface area contributed by atoms with Gasteiger partial charge in [0.2, 0.25) is 0 Å². The number of aromatic nitrogens is 2. The number of hydrogen-bond acceptors (Lipinski definition) is 2. The van der Waals surface area contributed by atoms with Gasteiger partial charge in [-0.15, -0.1) is 0 Å². The Labute approximate surface area is 93.3 Å². The van der Waals surface area contributed by atoms with Crippen molar-refractivity contribution in [2.75, 3.05) is 5.73 Å². The smallest absolute Gasteiger partial charge is 0.153 e. The molecule has 0 aliphatic carbocycles. The van der Waals surface area contributed by atoms with Gasteiger partial charge in [-0.3, -0.25) is 5.10 Å². The van der Waals surface area contributed by atoms with E-state index in [2.05, 4.69) is 17.1 Å². The Bertz CT molecular complexity index is 459. The normalized spacial score (nSPS) is 10.5. The molecular formula is C11H12ClN3. The van der Waals surface area contributed by atoms with E-state index in [1.807, 2.05) is 24.3 Å². The van der Waals surface area contributed by atoms with Crippen molar-refractivity contribution < 1.29 is 0 Å². The van der Waals surface area contributed by atoms with Crippen molar-refractivity contribution >= 4 is 17.4 Å². The number of aromatic amines is 1. The van der Waals surface area contributed by atoms with E-state index in [0.717, 1.165) is 28.3 Å². The highest BCUT2D eigenvalue weighted by Crippen LogP contribution is 2.28. The topological polar surface area (TPSA) is 54.7 Å². The number of nitrogens with one attached hydrogen (secondary N) is 1. The molecule has 78 valence electrons. The summed E-state index contributed by atoms with van der Waals surface area (Å²) in [5.74, 6) is 0.536. The molecule has 3 N–H and O–H groups in total. The van der Waals surface area contributed by atoms with Crippen LogP contribution in [0.15, 0.2) is 24.3 Å². The van der Waals surface area contributed by atoms with E-state index in [-0.39, 0.29) is 0 Å². The predicted molar refractivity (Wildman–Crippen MR) is 62.8 cm³/mol. The molecule has 2 rings (SSSR count). The van der Waals surface area contributed by atoms with Crippen LogP contribution in [0.5, 0.6) is 0 Å². The minimum atomic E-state index is 0.536. The average molecular weight is 222 g/mol. The maximum atomic E-state index is 5.83. The van der Waals surface area contributed by atoms with E-state index < -0.39 is 0 Å². The molecule has 1 heterocycles. The van der Waals surface area contributed by atoms with Crippen molar-refractivity contribution in [1.82, 2.24) is 10.2 Å². The van der Waals surface area contributed by atoms with Crippen LogP contribution in [0.2, 0.25) is 5.02 Å². The summed E-state index contributed by atoms with van der Waals surface area (Å²) in [4.78, 5) is 0. The van der Waals surface area contributed by atoms with Gasteiger partial charge in [0.1, 0.15) is 0 Å². The van der Waals surface area contributed by atoms with E-state index in [1.165, 1.54) is 0 Å². The number of halogens is 1.